The summed E-state index contributed by atoms with van der Waals surface area (Å²) in [6.07, 6.45) is -2.71. The van der Waals surface area contributed by atoms with Crippen molar-refractivity contribution in [3.8, 4) is 0 Å². The van der Waals surface area contributed by atoms with E-state index in [1.807, 2.05) is 13.8 Å². The zero-order valence-electron chi connectivity index (χ0n) is 18.1. The van der Waals surface area contributed by atoms with E-state index < -0.39 is 22.7 Å². The first-order chi connectivity index (χ1) is 15.5. The average molecular weight is 481 g/mol. The Morgan fingerprint density at radius 2 is 1.88 bits per heavy atom. The first-order valence-corrected chi connectivity index (χ1v) is 10.8. The number of benzene rings is 2. The molecule has 0 radical (unpaired) electrons. The van der Waals surface area contributed by atoms with E-state index in [1.54, 1.807) is 30.5 Å². The van der Waals surface area contributed by atoms with Gasteiger partial charge in [0.15, 0.2) is 0 Å². The molecule has 3 rings (SSSR count). The molecule has 1 atom stereocenters. The zero-order valence-corrected chi connectivity index (χ0v) is 18.9. The molecule has 3 aromatic rings. The Morgan fingerprint density at radius 1 is 1.15 bits per heavy atom. The van der Waals surface area contributed by atoms with Crippen LogP contribution in [0, 0.1) is 5.92 Å². The van der Waals surface area contributed by atoms with Crippen molar-refractivity contribution in [2.24, 2.45) is 5.92 Å². The van der Waals surface area contributed by atoms with Crippen molar-refractivity contribution < 1.29 is 23.1 Å². The minimum Gasteiger partial charge on any atom is -0.394 e. The number of aliphatic hydroxyl groups excluding tert-OH is 1. The Morgan fingerprint density at radius 3 is 2.52 bits per heavy atom. The first kappa shape index (κ1) is 24.8. The number of nitrogens with zero attached hydrogens (tertiary/aromatic N) is 1. The fourth-order valence-corrected chi connectivity index (χ4v) is 4.01. The number of carbonyl (C=O) groups is 1. The van der Waals surface area contributed by atoms with Gasteiger partial charge in [-0.05, 0) is 48.2 Å². The number of hydrogen-bond donors (Lipinski definition) is 2. The summed E-state index contributed by atoms with van der Waals surface area (Å²) in [5.41, 5.74) is -0.765. The van der Waals surface area contributed by atoms with Crippen molar-refractivity contribution in [1.82, 2.24) is 4.57 Å². The van der Waals surface area contributed by atoms with Crippen molar-refractivity contribution in [2.75, 3.05) is 11.9 Å². The summed E-state index contributed by atoms with van der Waals surface area (Å²) >= 11 is 5.63. The van der Waals surface area contributed by atoms with Crippen LogP contribution >= 0.6 is 11.6 Å². The lowest BCUT2D eigenvalue weighted by Gasteiger charge is -2.20. The van der Waals surface area contributed by atoms with Crippen LogP contribution in [0.1, 0.15) is 37.4 Å². The number of hydrogen-bond acceptors (Lipinski definition) is 3. The monoisotopic (exact) mass is 480 g/mol. The Bertz CT molecular complexity index is 1220. The van der Waals surface area contributed by atoms with E-state index in [0.717, 1.165) is 12.1 Å². The Balaban J connectivity index is 1.87. The summed E-state index contributed by atoms with van der Waals surface area (Å²) < 4.78 is 40.7. The van der Waals surface area contributed by atoms with Crippen LogP contribution in [-0.4, -0.2) is 22.2 Å². The molecule has 0 aliphatic carbocycles. The number of aliphatic hydroxyl groups is 1. The number of carbonyl (C=O) groups excluding carboxylic acids is 1. The van der Waals surface area contributed by atoms with Crippen molar-refractivity contribution in [3.05, 3.63) is 75.2 Å². The van der Waals surface area contributed by atoms with E-state index in [9.17, 15) is 27.9 Å². The molecule has 1 amide bonds. The van der Waals surface area contributed by atoms with Gasteiger partial charge in [-0.2, -0.15) is 13.2 Å². The van der Waals surface area contributed by atoms with Crippen LogP contribution in [0.3, 0.4) is 0 Å². The molecule has 0 spiro atoms. The molecule has 1 heterocycles. The van der Waals surface area contributed by atoms with E-state index in [0.29, 0.717) is 22.9 Å². The minimum atomic E-state index is -4.62. The third-order valence-corrected chi connectivity index (χ3v) is 5.62. The van der Waals surface area contributed by atoms with Gasteiger partial charge < -0.3 is 15.0 Å². The third kappa shape index (κ3) is 5.75. The predicted molar refractivity (Wildman–Crippen MR) is 123 cm³/mol. The maximum atomic E-state index is 13.1. The number of pyridine rings is 1. The Labute approximate surface area is 193 Å². The third-order valence-electron chi connectivity index (χ3n) is 5.30. The average Bonchev–Trinajstić information content (AvgIpc) is 2.73. The molecule has 0 unspecified atom stereocenters. The molecule has 1 aromatic heterocycles. The lowest BCUT2D eigenvalue weighted by Crippen LogP contribution is -2.27. The van der Waals surface area contributed by atoms with Gasteiger partial charge in [-0.1, -0.05) is 37.6 Å². The highest BCUT2D eigenvalue weighted by Gasteiger charge is 2.33. The maximum absolute atomic E-state index is 13.1. The molecule has 176 valence electrons. The summed E-state index contributed by atoms with van der Waals surface area (Å²) in [6, 6.07) is 9.50. The number of rotatable bonds is 7. The summed E-state index contributed by atoms with van der Waals surface area (Å²) in [6.45, 7) is 3.82. The molecule has 5 nitrogen and oxygen atoms in total. The molecule has 0 aliphatic rings. The zero-order chi connectivity index (χ0) is 24.3. The maximum Gasteiger partial charge on any atom is 0.417 e. The number of aromatic nitrogens is 1. The van der Waals surface area contributed by atoms with Crippen molar-refractivity contribution in [3.63, 3.8) is 0 Å². The van der Waals surface area contributed by atoms with Gasteiger partial charge in [0.1, 0.15) is 0 Å². The number of fused-ring (bicyclic) bond motifs is 1. The second-order valence-electron chi connectivity index (χ2n) is 8.30. The standard InChI is InChI=1S/C24H24ClF3N2O3/c1-14(2)10-16(13-31)30-9-8-17-18(23(30)33)4-3-5-21(17)29-22(32)12-15-6-7-20(25)19(11-15)24(26,27)28/h3-9,11,14,16,31H,10,12-13H2,1-2H3,(H,29,32)/t16-/m1/s1. The van der Waals surface area contributed by atoms with Crippen LogP contribution < -0.4 is 10.9 Å². The van der Waals surface area contributed by atoms with E-state index in [1.165, 1.54) is 10.6 Å². The fourth-order valence-electron chi connectivity index (χ4n) is 3.79. The highest BCUT2D eigenvalue weighted by Crippen LogP contribution is 2.35. The van der Waals surface area contributed by atoms with Gasteiger partial charge in [0.05, 0.1) is 29.7 Å². The summed E-state index contributed by atoms with van der Waals surface area (Å²) in [7, 11) is 0. The van der Waals surface area contributed by atoms with Crippen molar-refractivity contribution in [1.29, 1.82) is 0 Å². The quantitative estimate of drug-likeness (QED) is 0.473. The largest absolute Gasteiger partial charge is 0.417 e. The molecule has 0 aliphatic heterocycles. The summed E-state index contributed by atoms with van der Waals surface area (Å²) in [4.78, 5) is 25.6. The number of nitrogens with one attached hydrogen (secondary N) is 1. The molecule has 0 saturated carbocycles. The van der Waals surface area contributed by atoms with Crippen LogP contribution in [0.4, 0.5) is 18.9 Å². The summed E-state index contributed by atoms with van der Waals surface area (Å²) in [5.74, 6) is -0.253. The fraction of sp³-hybridized carbons (Fsp3) is 0.333. The molecule has 2 aromatic carbocycles. The number of anilines is 1. The molecule has 0 fully saturated rings. The number of amides is 1. The van der Waals surface area contributed by atoms with E-state index in [2.05, 4.69) is 5.32 Å². The van der Waals surface area contributed by atoms with Gasteiger partial charge in [-0.3, -0.25) is 9.59 Å². The van der Waals surface area contributed by atoms with Gasteiger partial charge in [0.25, 0.3) is 5.56 Å². The minimum absolute atomic E-state index is 0.159. The molecule has 0 bridgehead atoms. The molecule has 0 saturated heterocycles. The molecule has 2 N–H and O–H groups in total. The molecule has 9 heteroatoms. The topological polar surface area (TPSA) is 71.3 Å². The Hall–Kier alpha value is -2.84. The van der Waals surface area contributed by atoms with Gasteiger partial charge >= 0.3 is 6.18 Å². The lowest BCUT2D eigenvalue weighted by molar-refractivity contribution is -0.137. The van der Waals surface area contributed by atoms with Crippen molar-refractivity contribution in [2.45, 2.75) is 38.9 Å². The summed E-state index contributed by atoms with van der Waals surface area (Å²) in [5, 5.41) is 12.8. The number of alkyl halides is 3. The molecular weight excluding hydrogens is 457 g/mol. The van der Waals surface area contributed by atoms with Crippen LogP contribution in [0.15, 0.2) is 53.5 Å². The van der Waals surface area contributed by atoms with Gasteiger partial charge in [0.2, 0.25) is 5.91 Å². The van der Waals surface area contributed by atoms with Gasteiger partial charge in [0, 0.05) is 22.7 Å². The van der Waals surface area contributed by atoms with E-state index in [-0.39, 0.29) is 36.1 Å². The highest BCUT2D eigenvalue weighted by molar-refractivity contribution is 6.31. The van der Waals surface area contributed by atoms with Crippen LogP contribution in [0.25, 0.3) is 10.8 Å². The van der Waals surface area contributed by atoms with E-state index in [4.69, 9.17) is 11.6 Å². The highest BCUT2D eigenvalue weighted by atomic mass is 35.5. The van der Waals surface area contributed by atoms with Gasteiger partial charge in [-0.25, -0.2) is 0 Å². The smallest absolute Gasteiger partial charge is 0.394 e. The molecular formula is C24H24ClF3N2O3. The normalized spacial score (nSPS) is 12.8. The van der Waals surface area contributed by atoms with Crippen LogP contribution in [0.5, 0.6) is 0 Å². The first-order valence-electron chi connectivity index (χ1n) is 10.4. The van der Waals surface area contributed by atoms with Gasteiger partial charge in [-0.15, -0.1) is 0 Å². The Kier molecular flexibility index (Phi) is 7.49. The second-order valence-corrected chi connectivity index (χ2v) is 8.71. The molecule has 33 heavy (non-hydrogen) atoms. The van der Waals surface area contributed by atoms with E-state index >= 15 is 0 Å². The van der Waals surface area contributed by atoms with Crippen LogP contribution in [-0.2, 0) is 17.4 Å². The number of halogens is 4. The lowest BCUT2D eigenvalue weighted by atomic mass is 10.0. The SMILES string of the molecule is CC(C)C[C@H](CO)n1ccc2c(NC(=O)Cc3ccc(Cl)c(C(F)(F)F)c3)cccc2c1=O. The van der Waals surface area contributed by atoms with Crippen LogP contribution in [0.2, 0.25) is 5.02 Å². The van der Waals surface area contributed by atoms with Crippen molar-refractivity contribution >= 4 is 34.0 Å². The predicted octanol–water partition coefficient (Wildman–Crippen LogP) is 5.43. The second kappa shape index (κ2) is 9.97.